The molecule has 1 aromatic carbocycles. The third-order valence-electron chi connectivity index (χ3n) is 4.54. The van der Waals surface area contributed by atoms with E-state index in [0.29, 0.717) is 30.8 Å². The summed E-state index contributed by atoms with van der Waals surface area (Å²) in [5.74, 6) is -1.75. The van der Waals surface area contributed by atoms with Gasteiger partial charge in [0.1, 0.15) is 23.2 Å². The summed E-state index contributed by atoms with van der Waals surface area (Å²) >= 11 is 0. The van der Waals surface area contributed by atoms with Crippen LogP contribution in [-0.4, -0.2) is 33.0 Å². The topological polar surface area (TPSA) is 115 Å². The molecule has 2 rings (SSSR count). The van der Waals surface area contributed by atoms with E-state index in [1.165, 1.54) is 28.8 Å². The van der Waals surface area contributed by atoms with Gasteiger partial charge < -0.3 is 20.5 Å². The number of amides is 2. The van der Waals surface area contributed by atoms with Crippen LogP contribution >= 0.6 is 0 Å². The first-order valence-electron chi connectivity index (χ1n) is 10.1. The average molecular weight is 454 g/mol. The van der Waals surface area contributed by atoms with Crippen molar-refractivity contribution in [1.82, 2.24) is 14.9 Å². The van der Waals surface area contributed by atoms with Gasteiger partial charge in [-0.05, 0) is 18.6 Å². The van der Waals surface area contributed by atoms with E-state index in [0.717, 1.165) is 0 Å². The summed E-state index contributed by atoms with van der Waals surface area (Å²) in [4.78, 5) is 41.0. The first-order chi connectivity index (χ1) is 14.5. The SMILES string of the molecule is CCC(=O)NCCCn1c(C(C)(C)C)nc(C(=O)[N-]Cc2ccc(F)cc2)c(O)c1=O.[Na+]. The quantitative estimate of drug-likeness (QED) is 0.431. The number of halogens is 1. The van der Waals surface area contributed by atoms with E-state index in [-0.39, 0.29) is 48.6 Å². The van der Waals surface area contributed by atoms with Crippen molar-refractivity contribution in [2.45, 2.75) is 59.0 Å². The second kappa shape index (κ2) is 12.1. The Morgan fingerprint density at radius 1 is 1.22 bits per heavy atom. The van der Waals surface area contributed by atoms with Crippen LogP contribution in [0.3, 0.4) is 0 Å². The number of hydrogen-bond acceptors (Lipinski definition) is 5. The van der Waals surface area contributed by atoms with Crippen molar-refractivity contribution >= 4 is 11.8 Å². The Morgan fingerprint density at radius 2 is 1.84 bits per heavy atom. The molecule has 0 bridgehead atoms. The van der Waals surface area contributed by atoms with Crippen LogP contribution in [0.15, 0.2) is 29.1 Å². The zero-order valence-corrected chi connectivity index (χ0v) is 21.2. The molecule has 0 saturated carbocycles. The number of carbonyl (C=O) groups is 2. The zero-order chi connectivity index (χ0) is 23.2. The maximum absolute atomic E-state index is 13.0. The van der Waals surface area contributed by atoms with E-state index in [4.69, 9.17) is 0 Å². The second-order valence-corrected chi connectivity index (χ2v) is 8.14. The second-order valence-electron chi connectivity index (χ2n) is 8.14. The van der Waals surface area contributed by atoms with Gasteiger partial charge in [0.25, 0.3) is 5.56 Å². The van der Waals surface area contributed by atoms with Gasteiger partial charge in [-0.15, -0.1) is 6.54 Å². The van der Waals surface area contributed by atoms with Crippen LogP contribution in [0.2, 0.25) is 0 Å². The number of rotatable bonds is 8. The fourth-order valence-electron chi connectivity index (χ4n) is 2.89. The third kappa shape index (κ3) is 7.43. The standard InChI is InChI=1S/C22H29FN4O4.Na/c1-5-16(28)24-11-6-12-27-20(31)18(29)17(26-21(27)22(2,3)4)19(30)25-13-14-7-9-15(23)10-8-14;/h7-10H,5-6,11-13H2,1-4H3,(H3,24,25,28,29,30);/q;+1/p-1. The van der Waals surface area contributed by atoms with Gasteiger partial charge in [0, 0.05) is 24.9 Å². The molecule has 0 aliphatic rings. The Labute approximate surface area is 208 Å². The van der Waals surface area contributed by atoms with Crippen molar-refractivity contribution in [3.05, 3.63) is 62.8 Å². The van der Waals surface area contributed by atoms with Crippen LogP contribution < -0.4 is 40.4 Å². The molecule has 2 N–H and O–H groups in total. The van der Waals surface area contributed by atoms with Crippen LogP contribution in [0.25, 0.3) is 5.32 Å². The van der Waals surface area contributed by atoms with E-state index in [2.05, 4.69) is 15.6 Å². The Balaban J connectivity index is 0.00000512. The number of nitrogens with one attached hydrogen (secondary N) is 1. The van der Waals surface area contributed by atoms with E-state index in [1.54, 1.807) is 6.92 Å². The summed E-state index contributed by atoms with van der Waals surface area (Å²) in [6, 6.07) is 5.50. The minimum Gasteiger partial charge on any atom is -0.644 e. The normalized spacial score (nSPS) is 10.9. The summed E-state index contributed by atoms with van der Waals surface area (Å²) in [5.41, 5.74) is -1.13. The van der Waals surface area contributed by atoms with E-state index >= 15 is 0 Å². The minimum atomic E-state index is -0.827. The maximum atomic E-state index is 13.0. The van der Waals surface area contributed by atoms with Crippen molar-refractivity contribution in [2.24, 2.45) is 0 Å². The molecule has 1 heterocycles. The van der Waals surface area contributed by atoms with Gasteiger partial charge in [-0.2, -0.15) is 0 Å². The van der Waals surface area contributed by atoms with Gasteiger partial charge in [-0.25, -0.2) is 9.37 Å². The largest absolute Gasteiger partial charge is 1.00 e. The Hall–Kier alpha value is -2.23. The number of aromatic hydroxyl groups is 1. The first-order valence-corrected chi connectivity index (χ1v) is 10.1. The minimum absolute atomic E-state index is 0. The fourth-order valence-corrected chi connectivity index (χ4v) is 2.89. The zero-order valence-electron chi connectivity index (χ0n) is 19.2. The van der Waals surface area contributed by atoms with Gasteiger partial charge in [0.2, 0.25) is 11.7 Å². The van der Waals surface area contributed by atoms with Crippen molar-refractivity contribution in [1.29, 1.82) is 0 Å². The molecule has 10 heteroatoms. The van der Waals surface area contributed by atoms with Crippen molar-refractivity contribution in [2.75, 3.05) is 6.54 Å². The summed E-state index contributed by atoms with van der Waals surface area (Å²) in [5, 5.41) is 17.0. The van der Waals surface area contributed by atoms with Crippen molar-refractivity contribution < 1.29 is 48.6 Å². The molecule has 32 heavy (non-hydrogen) atoms. The summed E-state index contributed by atoms with van der Waals surface area (Å²) < 4.78 is 14.3. The molecule has 0 atom stereocenters. The molecule has 0 radical (unpaired) electrons. The van der Waals surface area contributed by atoms with E-state index in [1.807, 2.05) is 20.8 Å². The molecule has 2 aromatic rings. The van der Waals surface area contributed by atoms with Gasteiger partial charge in [-0.1, -0.05) is 45.4 Å². The number of nitrogens with zero attached hydrogens (tertiary/aromatic N) is 3. The molecular formula is C22H28FN4NaO4. The molecule has 0 spiro atoms. The average Bonchev–Trinajstić information content (AvgIpc) is 2.72. The number of hydrogen-bond donors (Lipinski definition) is 2. The van der Waals surface area contributed by atoms with E-state index in [9.17, 15) is 23.9 Å². The molecule has 2 amide bonds. The molecule has 0 aliphatic heterocycles. The molecule has 0 fully saturated rings. The third-order valence-corrected chi connectivity index (χ3v) is 4.54. The molecule has 168 valence electrons. The van der Waals surface area contributed by atoms with Crippen LogP contribution in [0.1, 0.15) is 62.4 Å². The molecule has 0 saturated heterocycles. The number of carbonyl (C=O) groups excluding carboxylic acids is 2. The molecule has 8 nitrogen and oxygen atoms in total. The maximum Gasteiger partial charge on any atom is 1.00 e. The van der Waals surface area contributed by atoms with Crippen LogP contribution in [0, 0.1) is 5.82 Å². The number of aromatic nitrogens is 2. The van der Waals surface area contributed by atoms with Gasteiger partial charge >= 0.3 is 29.6 Å². The molecule has 0 aliphatic carbocycles. The van der Waals surface area contributed by atoms with Crippen LogP contribution in [0.4, 0.5) is 4.39 Å². The Morgan fingerprint density at radius 3 is 2.41 bits per heavy atom. The van der Waals surface area contributed by atoms with Gasteiger partial charge in [0.05, 0.1) is 0 Å². The molecular weight excluding hydrogens is 426 g/mol. The Bertz CT molecular complexity index is 1000. The summed E-state index contributed by atoms with van der Waals surface area (Å²) in [6.45, 7) is 7.82. The predicted molar refractivity (Wildman–Crippen MR) is 115 cm³/mol. The Kier molecular flexibility index (Phi) is 10.5. The fraction of sp³-hybridized carbons (Fsp3) is 0.455. The van der Waals surface area contributed by atoms with Gasteiger partial charge in [0.15, 0.2) is 0 Å². The number of benzene rings is 1. The van der Waals surface area contributed by atoms with Crippen LogP contribution in [0.5, 0.6) is 5.75 Å². The summed E-state index contributed by atoms with van der Waals surface area (Å²) in [7, 11) is 0. The molecule has 1 aromatic heterocycles. The smallest absolute Gasteiger partial charge is 0.644 e. The predicted octanol–water partition coefficient (Wildman–Crippen LogP) is 0.0199. The monoisotopic (exact) mass is 454 g/mol. The molecule has 0 unspecified atom stereocenters. The van der Waals surface area contributed by atoms with Crippen LogP contribution in [-0.2, 0) is 23.3 Å². The van der Waals surface area contributed by atoms with E-state index < -0.39 is 34.1 Å². The summed E-state index contributed by atoms with van der Waals surface area (Å²) in [6.07, 6.45) is 0.825. The first kappa shape index (κ1) is 27.8. The van der Waals surface area contributed by atoms with Crippen molar-refractivity contribution in [3.63, 3.8) is 0 Å². The van der Waals surface area contributed by atoms with Gasteiger partial charge in [-0.3, -0.25) is 14.2 Å². The van der Waals surface area contributed by atoms with Crippen molar-refractivity contribution in [3.8, 4) is 5.75 Å².